The minimum atomic E-state index is -0.178. The van der Waals surface area contributed by atoms with Gasteiger partial charge in [-0.2, -0.15) is 11.8 Å². The molecule has 1 saturated heterocycles. The van der Waals surface area contributed by atoms with E-state index in [0.29, 0.717) is 17.5 Å². The zero-order valence-corrected chi connectivity index (χ0v) is 13.9. The van der Waals surface area contributed by atoms with E-state index in [0.717, 1.165) is 24.7 Å². The fourth-order valence-electron chi connectivity index (χ4n) is 2.59. The summed E-state index contributed by atoms with van der Waals surface area (Å²) < 4.78 is 0. The summed E-state index contributed by atoms with van der Waals surface area (Å²) in [6.07, 6.45) is 0. The molecule has 0 aliphatic carbocycles. The van der Waals surface area contributed by atoms with Gasteiger partial charge in [-0.3, -0.25) is 4.79 Å². The Morgan fingerprint density at radius 1 is 1.26 bits per heavy atom. The first-order valence-electron chi connectivity index (χ1n) is 7.81. The Bertz CT molecular complexity index is 647. The van der Waals surface area contributed by atoms with Crippen molar-refractivity contribution in [1.29, 1.82) is 0 Å². The van der Waals surface area contributed by atoms with Gasteiger partial charge in [0.1, 0.15) is 0 Å². The van der Waals surface area contributed by atoms with Crippen LogP contribution in [-0.4, -0.2) is 41.5 Å². The van der Waals surface area contributed by atoms with Gasteiger partial charge in [-0.25, -0.2) is 0 Å². The van der Waals surface area contributed by atoms with Crippen molar-refractivity contribution in [2.45, 2.75) is 12.2 Å². The highest BCUT2D eigenvalue weighted by Gasteiger charge is 2.23. The van der Waals surface area contributed by atoms with Crippen LogP contribution in [-0.2, 0) is 0 Å². The van der Waals surface area contributed by atoms with Gasteiger partial charge < -0.3 is 10.2 Å². The Kier molecular flexibility index (Phi) is 5.12. The van der Waals surface area contributed by atoms with E-state index in [1.807, 2.05) is 30.8 Å². The minimum absolute atomic E-state index is 0.178. The summed E-state index contributed by atoms with van der Waals surface area (Å²) in [7, 11) is 0. The number of benzene rings is 1. The van der Waals surface area contributed by atoms with Crippen molar-refractivity contribution in [3.05, 3.63) is 53.7 Å². The zero-order valence-electron chi connectivity index (χ0n) is 13.1. The fourth-order valence-corrected chi connectivity index (χ4v) is 3.84. The highest BCUT2D eigenvalue weighted by atomic mass is 32.2. The molecule has 5 nitrogen and oxygen atoms in total. The number of carbonyl (C=O) groups is 1. The first-order valence-corrected chi connectivity index (χ1v) is 8.86. The summed E-state index contributed by atoms with van der Waals surface area (Å²) in [6.45, 7) is 4.33. The number of hydrogen-bond acceptors (Lipinski definition) is 5. The van der Waals surface area contributed by atoms with Gasteiger partial charge in [0.2, 0.25) is 0 Å². The normalized spacial score (nSPS) is 17.8. The maximum absolute atomic E-state index is 11.7. The molecule has 0 bridgehead atoms. The number of nitrogens with one attached hydrogen (secondary N) is 1. The molecule has 0 unspecified atom stereocenters. The molecule has 0 radical (unpaired) electrons. The van der Waals surface area contributed by atoms with Crippen LogP contribution < -0.4 is 10.2 Å². The van der Waals surface area contributed by atoms with Crippen molar-refractivity contribution in [2.75, 3.05) is 30.3 Å². The number of amides is 1. The average molecular weight is 328 g/mol. The summed E-state index contributed by atoms with van der Waals surface area (Å²) in [6, 6.07) is 14.2. The molecule has 2 heterocycles. The smallest absolute Gasteiger partial charge is 0.271 e. The molecule has 0 spiro atoms. The molecular formula is C17H20N4OS. The SMILES string of the molecule is CCNC(=O)c1ccc(N2CCS[C@@H](c3ccccc3)C2)nn1. The van der Waals surface area contributed by atoms with Crippen molar-refractivity contribution < 1.29 is 4.79 Å². The van der Waals surface area contributed by atoms with Gasteiger partial charge >= 0.3 is 0 Å². The van der Waals surface area contributed by atoms with Crippen molar-refractivity contribution in [2.24, 2.45) is 0 Å². The molecule has 1 atom stereocenters. The summed E-state index contributed by atoms with van der Waals surface area (Å²) in [4.78, 5) is 14.0. The van der Waals surface area contributed by atoms with E-state index in [-0.39, 0.29) is 5.91 Å². The van der Waals surface area contributed by atoms with Crippen LogP contribution in [0.3, 0.4) is 0 Å². The Balaban J connectivity index is 1.70. The van der Waals surface area contributed by atoms with E-state index in [2.05, 4.69) is 44.7 Å². The lowest BCUT2D eigenvalue weighted by molar-refractivity contribution is 0.0950. The molecule has 1 aromatic heterocycles. The lowest BCUT2D eigenvalue weighted by Crippen LogP contribution is -2.35. The predicted octanol–water partition coefficient (Wildman–Crippen LogP) is 2.52. The molecule has 1 aromatic carbocycles. The van der Waals surface area contributed by atoms with Crippen LogP contribution in [0.2, 0.25) is 0 Å². The lowest BCUT2D eigenvalue weighted by Gasteiger charge is -2.33. The quantitative estimate of drug-likeness (QED) is 0.934. The van der Waals surface area contributed by atoms with E-state index in [1.165, 1.54) is 5.56 Å². The summed E-state index contributed by atoms with van der Waals surface area (Å²) >= 11 is 1.98. The Morgan fingerprint density at radius 2 is 2.09 bits per heavy atom. The van der Waals surface area contributed by atoms with Crippen LogP contribution in [0.4, 0.5) is 5.82 Å². The van der Waals surface area contributed by atoms with Gasteiger partial charge in [-0.05, 0) is 24.6 Å². The van der Waals surface area contributed by atoms with Gasteiger partial charge in [-0.15, -0.1) is 10.2 Å². The molecule has 1 aliphatic heterocycles. The number of rotatable bonds is 4. The van der Waals surface area contributed by atoms with E-state index >= 15 is 0 Å². The van der Waals surface area contributed by atoms with Crippen LogP contribution in [0.1, 0.15) is 28.2 Å². The van der Waals surface area contributed by atoms with E-state index < -0.39 is 0 Å². The number of thioether (sulfide) groups is 1. The van der Waals surface area contributed by atoms with Crippen LogP contribution in [0, 0.1) is 0 Å². The minimum Gasteiger partial charge on any atom is -0.353 e. The third-order valence-corrected chi connectivity index (χ3v) is 5.02. The molecule has 1 N–H and O–H groups in total. The fraction of sp³-hybridized carbons (Fsp3) is 0.353. The Morgan fingerprint density at radius 3 is 2.78 bits per heavy atom. The Hall–Kier alpha value is -2.08. The van der Waals surface area contributed by atoms with Gasteiger partial charge in [0.25, 0.3) is 5.91 Å². The number of nitrogens with zero attached hydrogens (tertiary/aromatic N) is 3. The molecule has 120 valence electrons. The highest BCUT2D eigenvalue weighted by Crippen LogP contribution is 2.34. The molecular weight excluding hydrogens is 308 g/mol. The first-order chi connectivity index (χ1) is 11.3. The Labute approximate surface area is 140 Å². The second kappa shape index (κ2) is 7.46. The largest absolute Gasteiger partial charge is 0.353 e. The summed E-state index contributed by atoms with van der Waals surface area (Å²) in [5.41, 5.74) is 1.70. The molecule has 1 fully saturated rings. The van der Waals surface area contributed by atoms with E-state index in [4.69, 9.17) is 0 Å². The molecule has 6 heteroatoms. The topological polar surface area (TPSA) is 58.1 Å². The average Bonchev–Trinajstić information content (AvgIpc) is 2.63. The lowest BCUT2D eigenvalue weighted by atomic mass is 10.1. The van der Waals surface area contributed by atoms with Gasteiger partial charge in [0.15, 0.2) is 11.5 Å². The highest BCUT2D eigenvalue weighted by molar-refractivity contribution is 7.99. The zero-order chi connectivity index (χ0) is 16.1. The molecule has 23 heavy (non-hydrogen) atoms. The van der Waals surface area contributed by atoms with Gasteiger partial charge in [0.05, 0.1) is 0 Å². The first kappa shape index (κ1) is 15.8. The number of carbonyl (C=O) groups excluding carboxylic acids is 1. The maximum Gasteiger partial charge on any atom is 0.271 e. The van der Waals surface area contributed by atoms with Crippen LogP contribution in [0.5, 0.6) is 0 Å². The number of aromatic nitrogens is 2. The third-order valence-electron chi connectivity index (χ3n) is 3.78. The molecule has 0 saturated carbocycles. The van der Waals surface area contributed by atoms with Gasteiger partial charge in [0, 0.05) is 30.6 Å². The third kappa shape index (κ3) is 3.82. The molecule has 1 aliphatic rings. The molecule has 2 aromatic rings. The van der Waals surface area contributed by atoms with E-state index in [9.17, 15) is 4.79 Å². The standard InChI is InChI=1S/C17H20N4OS/c1-2-18-17(22)14-8-9-16(20-19-14)21-10-11-23-15(12-21)13-6-4-3-5-7-13/h3-9,15H,2,10-12H2,1H3,(H,18,22)/t15-/m1/s1. The van der Waals surface area contributed by atoms with Crippen LogP contribution >= 0.6 is 11.8 Å². The van der Waals surface area contributed by atoms with Crippen molar-refractivity contribution in [3.8, 4) is 0 Å². The predicted molar refractivity (Wildman–Crippen MR) is 93.9 cm³/mol. The second-order valence-electron chi connectivity index (χ2n) is 5.35. The van der Waals surface area contributed by atoms with Crippen molar-refractivity contribution >= 4 is 23.5 Å². The van der Waals surface area contributed by atoms with Crippen LogP contribution in [0.15, 0.2) is 42.5 Å². The van der Waals surface area contributed by atoms with E-state index in [1.54, 1.807) is 6.07 Å². The van der Waals surface area contributed by atoms with Gasteiger partial charge in [-0.1, -0.05) is 30.3 Å². The molecule has 3 rings (SSSR count). The monoisotopic (exact) mass is 328 g/mol. The summed E-state index contributed by atoms with van der Waals surface area (Å²) in [5.74, 6) is 1.71. The van der Waals surface area contributed by atoms with Crippen LogP contribution in [0.25, 0.3) is 0 Å². The maximum atomic E-state index is 11.7. The van der Waals surface area contributed by atoms with Crippen molar-refractivity contribution in [1.82, 2.24) is 15.5 Å². The molecule has 1 amide bonds. The number of hydrogen-bond donors (Lipinski definition) is 1. The second-order valence-corrected chi connectivity index (χ2v) is 6.66. The van der Waals surface area contributed by atoms with Crippen molar-refractivity contribution in [3.63, 3.8) is 0 Å². The number of anilines is 1. The summed E-state index contributed by atoms with van der Waals surface area (Å²) in [5, 5.41) is 11.5.